The summed E-state index contributed by atoms with van der Waals surface area (Å²) in [5, 5.41) is 9.58. The van der Waals surface area contributed by atoms with Crippen LogP contribution in [0.1, 0.15) is 30.4 Å². The highest BCUT2D eigenvalue weighted by atomic mass is 16.5. The van der Waals surface area contributed by atoms with E-state index in [-0.39, 0.29) is 12.0 Å². The van der Waals surface area contributed by atoms with Crippen molar-refractivity contribution in [3.8, 4) is 5.75 Å². The number of amides is 1. The Labute approximate surface area is 120 Å². The van der Waals surface area contributed by atoms with Crippen LogP contribution in [0, 0.1) is 13.8 Å². The number of aliphatic hydroxyl groups is 1. The molecule has 1 aliphatic heterocycles. The quantitative estimate of drug-likeness (QED) is 0.916. The summed E-state index contributed by atoms with van der Waals surface area (Å²) in [5.41, 5.74) is 2.18. The second kappa shape index (κ2) is 6.75. The summed E-state index contributed by atoms with van der Waals surface area (Å²) in [6.45, 7) is 5.61. The number of hydrogen-bond acceptors (Lipinski definition) is 3. The van der Waals surface area contributed by atoms with Gasteiger partial charge in [0.25, 0.3) is 0 Å². The lowest BCUT2D eigenvalue weighted by molar-refractivity contribution is -0.134. The number of ether oxygens (including phenoxy) is 1. The van der Waals surface area contributed by atoms with Gasteiger partial charge in [-0.3, -0.25) is 4.79 Å². The summed E-state index contributed by atoms with van der Waals surface area (Å²) < 4.78 is 5.75. The maximum absolute atomic E-state index is 12.0. The molecular formula is C16H23NO3. The highest BCUT2D eigenvalue weighted by molar-refractivity contribution is 5.76. The first-order chi connectivity index (χ1) is 9.58. The number of hydrogen-bond donors (Lipinski definition) is 1. The molecule has 0 saturated carbocycles. The molecule has 1 aromatic carbocycles. The first-order valence-electron chi connectivity index (χ1n) is 7.23. The van der Waals surface area contributed by atoms with E-state index in [0.29, 0.717) is 19.6 Å². The SMILES string of the molecule is Cc1cccc(C)c1OCCC(=O)N1CCCC(O)C1. The van der Waals surface area contributed by atoms with Gasteiger partial charge in [0, 0.05) is 13.1 Å². The van der Waals surface area contributed by atoms with Gasteiger partial charge in [0.05, 0.1) is 19.1 Å². The van der Waals surface area contributed by atoms with Gasteiger partial charge in [0.1, 0.15) is 5.75 Å². The number of piperidine rings is 1. The topological polar surface area (TPSA) is 49.8 Å². The summed E-state index contributed by atoms with van der Waals surface area (Å²) in [6.07, 6.45) is 1.67. The summed E-state index contributed by atoms with van der Waals surface area (Å²) in [4.78, 5) is 13.8. The highest BCUT2D eigenvalue weighted by Crippen LogP contribution is 2.22. The fourth-order valence-electron chi connectivity index (χ4n) is 2.61. The number of carbonyl (C=O) groups is 1. The van der Waals surface area contributed by atoms with Crippen molar-refractivity contribution >= 4 is 5.91 Å². The van der Waals surface area contributed by atoms with Crippen LogP contribution in [0.3, 0.4) is 0 Å². The minimum Gasteiger partial charge on any atom is -0.493 e. The van der Waals surface area contributed by atoms with Gasteiger partial charge < -0.3 is 14.7 Å². The van der Waals surface area contributed by atoms with Crippen molar-refractivity contribution in [1.82, 2.24) is 4.90 Å². The number of carbonyl (C=O) groups excluding carboxylic acids is 1. The van der Waals surface area contributed by atoms with Crippen LogP contribution < -0.4 is 4.74 Å². The van der Waals surface area contributed by atoms with E-state index in [4.69, 9.17) is 4.74 Å². The largest absolute Gasteiger partial charge is 0.493 e. The summed E-state index contributed by atoms with van der Waals surface area (Å²) in [7, 11) is 0. The number of aryl methyl sites for hydroxylation is 2. The average Bonchev–Trinajstić information content (AvgIpc) is 2.42. The lowest BCUT2D eigenvalue weighted by atomic mass is 10.1. The van der Waals surface area contributed by atoms with E-state index in [1.165, 1.54) is 0 Å². The third-order valence-electron chi connectivity index (χ3n) is 3.72. The van der Waals surface area contributed by atoms with E-state index in [9.17, 15) is 9.90 Å². The molecule has 1 N–H and O–H groups in total. The molecule has 20 heavy (non-hydrogen) atoms. The third kappa shape index (κ3) is 3.73. The monoisotopic (exact) mass is 277 g/mol. The molecule has 0 aromatic heterocycles. The molecule has 0 spiro atoms. The van der Waals surface area contributed by atoms with Crippen molar-refractivity contribution in [1.29, 1.82) is 0 Å². The Hall–Kier alpha value is -1.55. The van der Waals surface area contributed by atoms with Crippen LogP contribution in [0.15, 0.2) is 18.2 Å². The predicted octanol–water partition coefficient (Wildman–Crippen LogP) is 2.06. The zero-order valence-corrected chi connectivity index (χ0v) is 12.3. The molecule has 2 rings (SSSR count). The number of nitrogens with zero attached hydrogens (tertiary/aromatic N) is 1. The summed E-state index contributed by atoms with van der Waals surface area (Å²) >= 11 is 0. The molecule has 0 bridgehead atoms. The van der Waals surface area contributed by atoms with Gasteiger partial charge in [0.15, 0.2) is 0 Å². The first-order valence-corrected chi connectivity index (χ1v) is 7.23. The van der Waals surface area contributed by atoms with E-state index in [1.807, 2.05) is 32.0 Å². The normalized spacial score (nSPS) is 18.9. The van der Waals surface area contributed by atoms with Crippen LogP contribution in [0.2, 0.25) is 0 Å². The summed E-state index contributed by atoms with van der Waals surface area (Å²) in [5.74, 6) is 0.939. The van der Waals surface area contributed by atoms with E-state index < -0.39 is 0 Å². The molecule has 4 heteroatoms. The number of aliphatic hydroxyl groups excluding tert-OH is 1. The standard InChI is InChI=1S/C16H23NO3/c1-12-5-3-6-13(2)16(12)20-10-8-15(19)17-9-4-7-14(18)11-17/h3,5-6,14,18H,4,7-11H2,1-2H3. The minimum absolute atomic E-state index is 0.0648. The predicted molar refractivity (Wildman–Crippen MR) is 77.8 cm³/mol. The molecule has 4 nitrogen and oxygen atoms in total. The van der Waals surface area contributed by atoms with Crippen LogP contribution in [0.4, 0.5) is 0 Å². The van der Waals surface area contributed by atoms with Crippen molar-refractivity contribution in [2.45, 2.75) is 39.2 Å². The highest BCUT2D eigenvalue weighted by Gasteiger charge is 2.21. The Morgan fingerprint density at radius 3 is 2.75 bits per heavy atom. The number of benzene rings is 1. The van der Waals surface area contributed by atoms with E-state index >= 15 is 0 Å². The second-order valence-electron chi connectivity index (χ2n) is 5.46. The average molecular weight is 277 g/mol. The maximum atomic E-state index is 12.0. The molecule has 1 aromatic rings. The van der Waals surface area contributed by atoms with E-state index in [0.717, 1.165) is 36.3 Å². The van der Waals surface area contributed by atoms with E-state index in [2.05, 4.69) is 0 Å². The van der Waals surface area contributed by atoms with Crippen LogP contribution in [0.5, 0.6) is 5.75 Å². The zero-order chi connectivity index (χ0) is 14.5. The van der Waals surface area contributed by atoms with Crippen molar-refractivity contribution < 1.29 is 14.6 Å². The molecule has 1 saturated heterocycles. The zero-order valence-electron chi connectivity index (χ0n) is 12.3. The molecule has 110 valence electrons. The molecular weight excluding hydrogens is 254 g/mol. The Bertz CT molecular complexity index is 453. The Morgan fingerprint density at radius 2 is 2.10 bits per heavy atom. The molecule has 0 radical (unpaired) electrons. The lowest BCUT2D eigenvalue weighted by Gasteiger charge is -2.30. The molecule has 0 aliphatic carbocycles. The summed E-state index contributed by atoms with van der Waals surface area (Å²) in [6, 6.07) is 6.01. The van der Waals surface area contributed by atoms with Gasteiger partial charge in [-0.2, -0.15) is 0 Å². The number of rotatable bonds is 4. The van der Waals surface area contributed by atoms with Crippen molar-refractivity contribution in [2.75, 3.05) is 19.7 Å². The molecule has 1 amide bonds. The molecule has 1 heterocycles. The fourth-order valence-corrected chi connectivity index (χ4v) is 2.61. The number of β-amino-alcohol motifs (C(OH)–C–C–N with tert-alkyl or cyclic N) is 1. The minimum atomic E-state index is -0.368. The molecule has 1 fully saturated rings. The van der Waals surface area contributed by atoms with Gasteiger partial charge in [-0.15, -0.1) is 0 Å². The third-order valence-corrected chi connectivity index (χ3v) is 3.72. The maximum Gasteiger partial charge on any atom is 0.226 e. The van der Waals surface area contributed by atoms with E-state index in [1.54, 1.807) is 4.90 Å². The van der Waals surface area contributed by atoms with Crippen molar-refractivity contribution in [3.63, 3.8) is 0 Å². The van der Waals surface area contributed by atoms with Crippen LogP contribution >= 0.6 is 0 Å². The van der Waals surface area contributed by atoms with Crippen LogP contribution in [-0.4, -0.2) is 41.7 Å². The van der Waals surface area contributed by atoms with Crippen molar-refractivity contribution in [3.05, 3.63) is 29.3 Å². The second-order valence-corrected chi connectivity index (χ2v) is 5.46. The van der Waals surface area contributed by atoms with Gasteiger partial charge in [-0.05, 0) is 37.8 Å². The van der Waals surface area contributed by atoms with Crippen molar-refractivity contribution in [2.24, 2.45) is 0 Å². The van der Waals surface area contributed by atoms with Gasteiger partial charge in [-0.25, -0.2) is 0 Å². The molecule has 1 aliphatic rings. The first kappa shape index (κ1) is 14.9. The van der Waals surface area contributed by atoms with Gasteiger partial charge in [0.2, 0.25) is 5.91 Å². The van der Waals surface area contributed by atoms with Gasteiger partial charge >= 0.3 is 0 Å². The van der Waals surface area contributed by atoms with Gasteiger partial charge in [-0.1, -0.05) is 18.2 Å². The number of para-hydroxylation sites is 1. The smallest absolute Gasteiger partial charge is 0.226 e. The Balaban J connectivity index is 1.82. The number of likely N-dealkylation sites (tertiary alicyclic amines) is 1. The fraction of sp³-hybridized carbons (Fsp3) is 0.562. The Kier molecular flexibility index (Phi) is 5.01. The lowest BCUT2D eigenvalue weighted by Crippen LogP contribution is -2.42. The molecule has 1 atom stereocenters. The molecule has 1 unspecified atom stereocenters. The van der Waals surface area contributed by atoms with Crippen LogP contribution in [-0.2, 0) is 4.79 Å². The van der Waals surface area contributed by atoms with Crippen LogP contribution in [0.25, 0.3) is 0 Å². The Morgan fingerprint density at radius 1 is 1.40 bits per heavy atom.